The van der Waals surface area contributed by atoms with Crippen LogP contribution in [0.25, 0.3) is 16.5 Å². The minimum atomic E-state index is -1.72. The van der Waals surface area contributed by atoms with Crippen LogP contribution in [-0.2, 0) is 35.1 Å². The Morgan fingerprint density at radius 3 is 2.24 bits per heavy atom. The monoisotopic (exact) mass is 591 g/mol. The average Bonchev–Trinajstić information content (AvgIpc) is 3.26. The minimum Gasteiger partial charge on any atom is -1.00 e. The van der Waals surface area contributed by atoms with Gasteiger partial charge in [0.1, 0.15) is 5.76 Å². The number of hydrogen-bond donors (Lipinski definition) is 0. The van der Waals surface area contributed by atoms with E-state index in [-0.39, 0.29) is 24.8 Å². The van der Waals surface area contributed by atoms with Crippen molar-refractivity contribution in [1.29, 1.82) is 0 Å². The standard InChI is InChI=1S/C25H31OSi2.C2H4.2ClH.Zr/c1-7-17-12-10-14-21-22(17)24(26-28(4,5)6)25(27(2)3)23(21)20-16-15-18-11-8-9-13-19(18)20;1-2;;;/h8-16,23,27H,7H2,1-6H3;1H,2H3;2*1H;/q-1;;;;+2/p-2. The molecule has 0 fully saturated rings. The fraction of sp³-hybridized carbons (Fsp3) is 0.333. The largest absolute Gasteiger partial charge is 1.00 e. The van der Waals surface area contributed by atoms with Gasteiger partial charge in [-0.3, -0.25) is 0 Å². The van der Waals surface area contributed by atoms with Crippen molar-refractivity contribution in [2.45, 2.75) is 58.9 Å². The number of allylic oxidation sites excluding steroid dienone is 1. The van der Waals surface area contributed by atoms with Gasteiger partial charge in [0.2, 0.25) is 8.32 Å². The average molecular weight is 594 g/mol. The summed E-state index contributed by atoms with van der Waals surface area (Å²) in [4.78, 5) is 0. The Kier molecular flexibility index (Phi) is 11.9. The van der Waals surface area contributed by atoms with Crippen molar-refractivity contribution >= 4 is 37.4 Å². The van der Waals surface area contributed by atoms with Gasteiger partial charge in [-0.25, -0.2) is 0 Å². The summed E-state index contributed by atoms with van der Waals surface area (Å²) in [6.45, 7) is 16.1. The number of aryl methyl sites for hydroxylation is 1. The molecule has 6 heteroatoms. The van der Waals surface area contributed by atoms with Gasteiger partial charge in [-0.05, 0) is 48.3 Å². The Morgan fingerprint density at radius 1 is 1.03 bits per heavy atom. The predicted molar refractivity (Wildman–Crippen MR) is 139 cm³/mol. The first-order valence-electron chi connectivity index (χ1n) is 11.4. The normalized spacial score (nSPS) is 14.8. The molecule has 176 valence electrons. The summed E-state index contributed by atoms with van der Waals surface area (Å²) in [5, 5.41) is 4.33. The number of fused-ring (bicyclic) bond motifs is 2. The summed E-state index contributed by atoms with van der Waals surface area (Å²) < 4.78 is 8.93. The van der Waals surface area contributed by atoms with Crippen molar-refractivity contribution in [2.75, 3.05) is 0 Å². The second-order valence-electron chi connectivity index (χ2n) is 9.49. The van der Waals surface area contributed by atoms with Crippen LogP contribution in [0, 0.1) is 0 Å². The Labute approximate surface area is 230 Å². The summed E-state index contributed by atoms with van der Waals surface area (Å²) in [5.74, 6) is 1.59. The molecule has 33 heavy (non-hydrogen) atoms. The molecule has 3 aromatic carbocycles. The van der Waals surface area contributed by atoms with Crippen LogP contribution in [0.1, 0.15) is 42.0 Å². The molecule has 1 aliphatic rings. The van der Waals surface area contributed by atoms with Crippen LogP contribution >= 0.6 is 0 Å². The van der Waals surface area contributed by atoms with Gasteiger partial charge in [0.25, 0.3) is 0 Å². The fourth-order valence-corrected chi connectivity index (χ4v) is 7.35. The topological polar surface area (TPSA) is 9.23 Å². The third-order valence-electron chi connectivity index (χ3n) is 5.73. The van der Waals surface area contributed by atoms with Gasteiger partial charge in [0.15, 0.2) is 0 Å². The Balaban J connectivity index is 0.00000103. The van der Waals surface area contributed by atoms with Gasteiger partial charge < -0.3 is 29.2 Å². The van der Waals surface area contributed by atoms with Crippen LogP contribution in [0.2, 0.25) is 32.7 Å². The van der Waals surface area contributed by atoms with Gasteiger partial charge >= 0.3 is 34.9 Å². The van der Waals surface area contributed by atoms with Crippen molar-refractivity contribution in [3.8, 4) is 0 Å². The van der Waals surface area contributed by atoms with Crippen molar-refractivity contribution < 1.29 is 53.5 Å². The van der Waals surface area contributed by atoms with Gasteiger partial charge in [-0.15, -0.1) is 40.6 Å². The first-order valence-corrected chi connectivity index (χ1v) is 19.1. The van der Waals surface area contributed by atoms with E-state index in [4.69, 9.17) is 4.43 Å². The number of hydrogen-bond acceptors (Lipinski definition) is 1. The second-order valence-corrected chi connectivity index (χ2v) is 18.3. The second kappa shape index (κ2) is 12.9. The third kappa shape index (κ3) is 6.52. The molecule has 0 aromatic heterocycles. The van der Waals surface area contributed by atoms with Crippen LogP contribution in [0.15, 0.2) is 59.8 Å². The molecule has 1 atom stereocenters. The maximum Gasteiger partial charge on any atom is -1.00 e. The van der Waals surface area contributed by atoms with Crippen molar-refractivity contribution in [1.82, 2.24) is 0 Å². The molecule has 0 N–H and O–H groups in total. The van der Waals surface area contributed by atoms with Crippen LogP contribution in [-0.4, -0.2) is 20.8 Å². The van der Waals surface area contributed by atoms with E-state index < -0.39 is 17.1 Å². The number of halogens is 2. The Bertz CT molecular complexity index is 1110. The van der Waals surface area contributed by atoms with E-state index in [1.165, 1.54) is 63.0 Å². The molecule has 0 aliphatic heterocycles. The summed E-state index contributed by atoms with van der Waals surface area (Å²) in [6, 6.07) is 20.3. The summed E-state index contributed by atoms with van der Waals surface area (Å²) in [5.41, 5.74) is 5.74. The van der Waals surface area contributed by atoms with E-state index in [1.807, 2.05) is 6.92 Å². The summed E-state index contributed by atoms with van der Waals surface area (Å²) in [7, 11) is -2.81. The van der Waals surface area contributed by atoms with Gasteiger partial charge in [-0.2, -0.15) is 6.07 Å². The molecule has 3 aromatic rings. The van der Waals surface area contributed by atoms with Crippen molar-refractivity contribution in [3.63, 3.8) is 0 Å². The quantitative estimate of drug-likeness (QED) is 0.320. The third-order valence-corrected chi connectivity index (χ3v) is 8.39. The first-order chi connectivity index (χ1) is 14.7. The predicted octanol–water partition coefficient (Wildman–Crippen LogP) is 1.22. The molecule has 0 amide bonds. The van der Waals surface area contributed by atoms with Crippen molar-refractivity contribution in [3.05, 3.63) is 82.0 Å². The molecule has 1 unspecified atom stereocenters. The molecule has 0 radical (unpaired) electrons. The van der Waals surface area contributed by atoms with E-state index in [2.05, 4.69) is 98.0 Å². The van der Waals surface area contributed by atoms with Crippen LogP contribution in [0.3, 0.4) is 0 Å². The minimum absolute atomic E-state index is 0. The molecule has 1 nitrogen and oxygen atoms in total. The van der Waals surface area contributed by atoms with Crippen LogP contribution < -0.4 is 24.8 Å². The maximum atomic E-state index is 6.84. The Hall–Kier alpha value is -0.643. The molecule has 0 heterocycles. The van der Waals surface area contributed by atoms with E-state index in [0.717, 1.165) is 6.42 Å². The van der Waals surface area contributed by atoms with E-state index in [1.54, 1.807) is 5.20 Å². The van der Waals surface area contributed by atoms with Crippen LogP contribution in [0.5, 0.6) is 0 Å². The molecule has 0 bridgehead atoms. The first kappa shape index (κ1) is 30.4. The summed E-state index contributed by atoms with van der Waals surface area (Å²) in [6.07, 6.45) is 1.04. The zero-order valence-electron chi connectivity index (χ0n) is 20.8. The van der Waals surface area contributed by atoms with Gasteiger partial charge in [0.05, 0.1) is 8.80 Å². The van der Waals surface area contributed by atoms with Crippen molar-refractivity contribution in [2.24, 2.45) is 0 Å². The maximum absolute atomic E-state index is 6.84. The SMILES string of the molecule is CCc1cccc2c1C(O[Si](C)(C)C)=C([SiH](C)C)C2[c-]1ccc2ccccc21.C[CH]=[Zr+2].[Cl-].[Cl-]. The summed E-state index contributed by atoms with van der Waals surface area (Å²) >= 11 is 1.51. The van der Waals surface area contributed by atoms with Gasteiger partial charge in [0, 0.05) is 5.56 Å². The Morgan fingerprint density at radius 2 is 1.67 bits per heavy atom. The fourth-order valence-electron chi connectivity index (χ4n) is 4.65. The molecule has 1 aliphatic carbocycles. The van der Waals surface area contributed by atoms with E-state index in [0.29, 0.717) is 5.92 Å². The number of rotatable bonds is 5. The molecule has 4 rings (SSSR count). The zero-order valence-corrected chi connectivity index (χ0v) is 26.9. The molecule has 0 saturated carbocycles. The van der Waals surface area contributed by atoms with Gasteiger partial charge in [-0.1, -0.05) is 44.3 Å². The van der Waals surface area contributed by atoms with E-state index >= 15 is 0 Å². The molecular weight excluding hydrogens is 559 g/mol. The van der Waals surface area contributed by atoms with E-state index in [9.17, 15) is 0 Å². The van der Waals surface area contributed by atoms with Crippen LogP contribution in [0.4, 0.5) is 0 Å². The molecule has 0 spiro atoms. The molecular formula is C27H35Cl2OSi2Zr-. The zero-order chi connectivity index (χ0) is 22.8. The number of benzene rings is 2. The smallest absolute Gasteiger partial charge is 1.00 e. The molecule has 0 saturated heterocycles.